The van der Waals surface area contributed by atoms with Crippen LogP contribution in [0.3, 0.4) is 0 Å². The molecule has 1 aliphatic rings. The van der Waals surface area contributed by atoms with E-state index in [-0.39, 0.29) is 0 Å². The van der Waals surface area contributed by atoms with Gasteiger partial charge in [0.05, 0.1) is 6.54 Å². The summed E-state index contributed by atoms with van der Waals surface area (Å²) < 4.78 is 2.22. The standard InChI is InChI=1S/C19H26N4OS/c1-2-25-13-7-18(24)22-10-5-17(6-11-22)19-21-9-12-23(19)15-16-4-3-8-20-14-16/h3-4,8-9,12,14,17H,2,5-7,10-11,13,15H2,1H3. The molecule has 0 radical (unpaired) electrons. The van der Waals surface area contributed by atoms with E-state index in [0.717, 1.165) is 49.8 Å². The van der Waals surface area contributed by atoms with Crippen LogP contribution >= 0.6 is 11.8 Å². The van der Waals surface area contributed by atoms with Gasteiger partial charge in [0.1, 0.15) is 5.82 Å². The monoisotopic (exact) mass is 358 g/mol. The Morgan fingerprint density at radius 1 is 1.32 bits per heavy atom. The summed E-state index contributed by atoms with van der Waals surface area (Å²) in [7, 11) is 0. The van der Waals surface area contributed by atoms with E-state index in [2.05, 4.69) is 27.5 Å². The van der Waals surface area contributed by atoms with Crippen molar-refractivity contribution in [1.82, 2.24) is 19.4 Å². The molecule has 0 aliphatic carbocycles. The van der Waals surface area contributed by atoms with Crippen molar-refractivity contribution in [1.29, 1.82) is 0 Å². The number of hydrogen-bond acceptors (Lipinski definition) is 4. The Hall–Kier alpha value is -1.82. The lowest BCUT2D eigenvalue weighted by Crippen LogP contribution is -2.38. The molecule has 6 heteroatoms. The lowest BCUT2D eigenvalue weighted by Gasteiger charge is -2.32. The van der Waals surface area contributed by atoms with E-state index in [1.807, 2.05) is 41.3 Å². The molecule has 3 rings (SSSR count). The Bertz CT molecular complexity index is 665. The molecule has 1 fully saturated rings. The molecular weight excluding hydrogens is 332 g/mol. The summed E-state index contributed by atoms with van der Waals surface area (Å²) in [4.78, 5) is 23.1. The van der Waals surface area contributed by atoms with Gasteiger partial charge in [-0.2, -0.15) is 11.8 Å². The van der Waals surface area contributed by atoms with Gasteiger partial charge in [0, 0.05) is 56.0 Å². The second-order valence-corrected chi connectivity index (χ2v) is 7.77. The quantitative estimate of drug-likeness (QED) is 0.714. The minimum absolute atomic E-state index is 0.304. The third-order valence-corrected chi connectivity index (χ3v) is 5.60. The molecule has 0 spiro atoms. The Morgan fingerprint density at radius 3 is 2.88 bits per heavy atom. The van der Waals surface area contributed by atoms with E-state index in [0.29, 0.717) is 18.2 Å². The van der Waals surface area contributed by atoms with Crippen LogP contribution in [0.15, 0.2) is 36.9 Å². The molecule has 1 amide bonds. The number of piperidine rings is 1. The maximum absolute atomic E-state index is 12.3. The predicted molar refractivity (Wildman–Crippen MR) is 102 cm³/mol. The first-order valence-electron chi connectivity index (χ1n) is 9.03. The van der Waals surface area contributed by atoms with Crippen LogP contribution < -0.4 is 0 Å². The lowest BCUT2D eigenvalue weighted by atomic mass is 9.95. The zero-order valence-electron chi connectivity index (χ0n) is 14.8. The highest BCUT2D eigenvalue weighted by molar-refractivity contribution is 7.99. The van der Waals surface area contributed by atoms with Gasteiger partial charge in [-0.1, -0.05) is 13.0 Å². The Kier molecular flexibility index (Phi) is 6.50. The summed E-state index contributed by atoms with van der Waals surface area (Å²) in [5.41, 5.74) is 1.18. The fraction of sp³-hybridized carbons (Fsp3) is 0.526. The number of rotatable bonds is 7. The fourth-order valence-electron chi connectivity index (χ4n) is 3.35. The molecule has 0 unspecified atom stereocenters. The first-order valence-corrected chi connectivity index (χ1v) is 10.2. The minimum atomic E-state index is 0.304. The number of amides is 1. The van der Waals surface area contributed by atoms with Gasteiger partial charge in [-0.3, -0.25) is 9.78 Å². The van der Waals surface area contributed by atoms with Gasteiger partial charge >= 0.3 is 0 Å². The van der Waals surface area contributed by atoms with Gasteiger partial charge in [-0.15, -0.1) is 0 Å². The van der Waals surface area contributed by atoms with Crippen molar-refractivity contribution in [3.05, 3.63) is 48.3 Å². The molecule has 1 saturated heterocycles. The van der Waals surface area contributed by atoms with Crippen LogP contribution in [-0.4, -0.2) is 49.9 Å². The van der Waals surface area contributed by atoms with Crippen molar-refractivity contribution in [3.8, 4) is 0 Å². The van der Waals surface area contributed by atoms with Gasteiger partial charge in [-0.25, -0.2) is 4.98 Å². The second kappa shape index (κ2) is 9.04. The molecule has 0 aromatic carbocycles. The molecule has 0 atom stereocenters. The van der Waals surface area contributed by atoms with Crippen LogP contribution in [0, 0.1) is 0 Å². The molecule has 0 bridgehead atoms. The summed E-state index contributed by atoms with van der Waals surface area (Å²) in [6.07, 6.45) is 10.3. The number of aromatic nitrogens is 3. The summed E-state index contributed by atoms with van der Waals surface area (Å²) >= 11 is 1.84. The number of hydrogen-bond donors (Lipinski definition) is 0. The molecule has 0 N–H and O–H groups in total. The number of imidazole rings is 1. The summed E-state index contributed by atoms with van der Waals surface area (Å²) in [5, 5.41) is 0. The van der Waals surface area contributed by atoms with Crippen LogP contribution in [0.25, 0.3) is 0 Å². The van der Waals surface area contributed by atoms with Crippen molar-refractivity contribution >= 4 is 17.7 Å². The number of pyridine rings is 1. The topological polar surface area (TPSA) is 51.0 Å². The fourth-order valence-corrected chi connectivity index (χ4v) is 3.96. The molecule has 3 heterocycles. The van der Waals surface area contributed by atoms with Gasteiger partial charge in [0.2, 0.25) is 5.91 Å². The maximum atomic E-state index is 12.3. The molecule has 25 heavy (non-hydrogen) atoms. The number of thioether (sulfide) groups is 1. The number of carbonyl (C=O) groups is 1. The van der Waals surface area contributed by atoms with Gasteiger partial charge in [-0.05, 0) is 30.2 Å². The van der Waals surface area contributed by atoms with Crippen molar-refractivity contribution in [2.75, 3.05) is 24.6 Å². The summed E-state index contributed by atoms with van der Waals surface area (Å²) in [6, 6.07) is 4.05. The Labute approximate surface area is 153 Å². The number of nitrogens with zero attached hydrogens (tertiary/aromatic N) is 4. The second-order valence-electron chi connectivity index (χ2n) is 6.38. The average molecular weight is 359 g/mol. The highest BCUT2D eigenvalue weighted by atomic mass is 32.2. The molecule has 0 saturated carbocycles. The Balaban J connectivity index is 1.55. The van der Waals surface area contributed by atoms with E-state index < -0.39 is 0 Å². The van der Waals surface area contributed by atoms with Crippen LogP contribution in [0.4, 0.5) is 0 Å². The summed E-state index contributed by atoms with van der Waals surface area (Å²) in [5.74, 6) is 3.89. The molecular formula is C19H26N4OS. The average Bonchev–Trinajstić information content (AvgIpc) is 3.11. The van der Waals surface area contributed by atoms with Gasteiger partial charge in [0.15, 0.2) is 0 Å². The number of carbonyl (C=O) groups excluding carboxylic acids is 1. The highest BCUT2D eigenvalue weighted by Gasteiger charge is 2.26. The largest absolute Gasteiger partial charge is 0.343 e. The van der Waals surface area contributed by atoms with E-state index in [1.54, 1.807) is 6.20 Å². The minimum Gasteiger partial charge on any atom is -0.343 e. The molecule has 2 aromatic heterocycles. The van der Waals surface area contributed by atoms with E-state index in [1.165, 1.54) is 5.56 Å². The first-order chi connectivity index (χ1) is 12.3. The maximum Gasteiger partial charge on any atom is 0.223 e. The smallest absolute Gasteiger partial charge is 0.223 e. The van der Waals surface area contributed by atoms with Crippen LogP contribution in [0.2, 0.25) is 0 Å². The van der Waals surface area contributed by atoms with Crippen molar-refractivity contribution in [2.45, 2.75) is 38.6 Å². The van der Waals surface area contributed by atoms with E-state index in [9.17, 15) is 4.79 Å². The molecule has 134 valence electrons. The predicted octanol–water partition coefficient (Wildman–Crippen LogP) is 3.18. The van der Waals surface area contributed by atoms with Crippen LogP contribution in [-0.2, 0) is 11.3 Å². The van der Waals surface area contributed by atoms with E-state index in [4.69, 9.17) is 0 Å². The molecule has 5 nitrogen and oxygen atoms in total. The summed E-state index contributed by atoms with van der Waals surface area (Å²) in [6.45, 7) is 4.63. The normalized spacial score (nSPS) is 15.5. The van der Waals surface area contributed by atoms with Gasteiger partial charge in [0.25, 0.3) is 0 Å². The third-order valence-electron chi connectivity index (χ3n) is 4.70. The van der Waals surface area contributed by atoms with Crippen LogP contribution in [0.1, 0.15) is 43.5 Å². The van der Waals surface area contributed by atoms with Crippen molar-refractivity contribution in [3.63, 3.8) is 0 Å². The van der Waals surface area contributed by atoms with Crippen LogP contribution in [0.5, 0.6) is 0 Å². The van der Waals surface area contributed by atoms with Crippen molar-refractivity contribution < 1.29 is 4.79 Å². The molecule has 1 aliphatic heterocycles. The van der Waals surface area contributed by atoms with Gasteiger partial charge < -0.3 is 9.47 Å². The lowest BCUT2D eigenvalue weighted by molar-refractivity contribution is -0.131. The zero-order valence-corrected chi connectivity index (χ0v) is 15.6. The highest BCUT2D eigenvalue weighted by Crippen LogP contribution is 2.27. The number of likely N-dealkylation sites (tertiary alicyclic amines) is 1. The third kappa shape index (κ3) is 4.84. The SMILES string of the molecule is CCSCCC(=O)N1CCC(c2nccn2Cc2cccnc2)CC1. The Morgan fingerprint density at radius 2 is 2.16 bits per heavy atom. The van der Waals surface area contributed by atoms with E-state index >= 15 is 0 Å². The first kappa shape index (κ1) is 18.0. The van der Waals surface area contributed by atoms with Crippen molar-refractivity contribution in [2.24, 2.45) is 0 Å². The molecule has 2 aromatic rings. The zero-order chi connectivity index (χ0) is 17.5.